The lowest BCUT2D eigenvalue weighted by molar-refractivity contribution is 0.0288. The molecule has 0 aromatic heterocycles. The predicted molar refractivity (Wildman–Crippen MR) is 60.8 cm³/mol. The summed E-state index contributed by atoms with van der Waals surface area (Å²) in [5, 5.41) is 3.33. The molecule has 0 bridgehead atoms. The highest BCUT2D eigenvalue weighted by Crippen LogP contribution is 1.97. The van der Waals surface area contributed by atoms with Gasteiger partial charge < -0.3 is 14.8 Å². The van der Waals surface area contributed by atoms with Crippen molar-refractivity contribution in [3.63, 3.8) is 0 Å². The van der Waals surface area contributed by atoms with E-state index in [2.05, 4.69) is 17.4 Å². The van der Waals surface area contributed by atoms with Crippen LogP contribution in [0.4, 0.5) is 0 Å². The SMILES string of the molecule is COCC(CNCc1ccccc1)OC. The summed E-state index contributed by atoms with van der Waals surface area (Å²) in [7, 11) is 3.39. The maximum atomic E-state index is 5.24. The van der Waals surface area contributed by atoms with Gasteiger partial charge in [0.1, 0.15) is 0 Å². The molecule has 0 fully saturated rings. The number of methoxy groups -OCH3 is 2. The molecule has 0 aliphatic rings. The van der Waals surface area contributed by atoms with E-state index in [4.69, 9.17) is 9.47 Å². The Kier molecular flexibility index (Phi) is 6.00. The molecule has 3 nitrogen and oxygen atoms in total. The van der Waals surface area contributed by atoms with Crippen molar-refractivity contribution < 1.29 is 9.47 Å². The Hall–Kier alpha value is -0.900. The minimum Gasteiger partial charge on any atom is -0.382 e. The third-order valence-corrected chi connectivity index (χ3v) is 2.23. The Bertz CT molecular complexity index is 251. The topological polar surface area (TPSA) is 30.5 Å². The Morgan fingerprint density at radius 3 is 2.53 bits per heavy atom. The van der Waals surface area contributed by atoms with Crippen molar-refractivity contribution in [1.29, 1.82) is 0 Å². The van der Waals surface area contributed by atoms with Gasteiger partial charge in [-0.1, -0.05) is 30.3 Å². The zero-order valence-electron chi connectivity index (χ0n) is 9.40. The predicted octanol–water partition coefficient (Wildman–Crippen LogP) is 1.44. The first-order chi connectivity index (χ1) is 7.36. The highest BCUT2D eigenvalue weighted by Gasteiger charge is 2.05. The summed E-state index contributed by atoms with van der Waals surface area (Å²) in [5.41, 5.74) is 1.28. The lowest BCUT2D eigenvalue weighted by Crippen LogP contribution is -2.31. The van der Waals surface area contributed by atoms with E-state index in [1.165, 1.54) is 5.56 Å². The quantitative estimate of drug-likeness (QED) is 0.737. The highest BCUT2D eigenvalue weighted by molar-refractivity contribution is 5.14. The fourth-order valence-electron chi connectivity index (χ4n) is 1.37. The van der Waals surface area contributed by atoms with Gasteiger partial charge in [-0.25, -0.2) is 0 Å². The molecule has 1 N–H and O–H groups in total. The number of hydrogen-bond acceptors (Lipinski definition) is 3. The van der Waals surface area contributed by atoms with Gasteiger partial charge in [-0.3, -0.25) is 0 Å². The van der Waals surface area contributed by atoms with Crippen molar-refractivity contribution in [2.45, 2.75) is 12.6 Å². The average Bonchev–Trinajstić information content (AvgIpc) is 2.29. The second-order valence-electron chi connectivity index (χ2n) is 3.43. The molecule has 15 heavy (non-hydrogen) atoms. The summed E-state index contributed by atoms with van der Waals surface area (Å²) >= 11 is 0. The lowest BCUT2D eigenvalue weighted by Gasteiger charge is -2.14. The van der Waals surface area contributed by atoms with Crippen molar-refractivity contribution in [1.82, 2.24) is 5.32 Å². The van der Waals surface area contributed by atoms with Crippen molar-refractivity contribution in [2.24, 2.45) is 0 Å². The summed E-state index contributed by atoms with van der Waals surface area (Å²) in [5.74, 6) is 0. The van der Waals surface area contributed by atoms with E-state index in [1.54, 1.807) is 14.2 Å². The van der Waals surface area contributed by atoms with E-state index in [0.29, 0.717) is 6.61 Å². The van der Waals surface area contributed by atoms with E-state index in [-0.39, 0.29) is 6.10 Å². The minimum atomic E-state index is 0.124. The third-order valence-electron chi connectivity index (χ3n) is 2.23. The van der Waals surface area contributed by atoms with Gasteiger partial charge in [0, 0.05) is 27.3 Å². The van der Waals surface area contributed by atoms with Crippen LogP contribution in [0.2, 0.25) is 0 Å². The molecule has 0 aliphatic heterocycles. The smallest absolute Gasteiger partial charge is 0.0928 e. The summed E-state index contributed by atoms with van der Waals surface area (Å²) in [6.07, 6.45) is 0.124. The molecule has 0 amide bonds. The van der Waals surface area contributed by atoms with Crippen molar-refractivity contribution in [3.8, 4) is 0 Å². The Balaban J connectivity index is 2.20. The maximum absolute atomic E-state index is 5.24. The van der Waals surface area contributed by atoms with Crippen LogP contribution in [0.5, 0.6) is 0 Å². The highest BCUT2D eigenvalue weighted by atomic mass is 16.5. The normalized spacial score (nSPS) is 12.7. The van der Waals surface area contributed by atoms with Crippen LogP contribution in [-0.4, -0.2) is 33.5 Å². The fourth-order valence-corrected chi connectivity index (χ4v) is 1.37. The Morgan fingerprint density at radius 2 is 1.93 bits per heavy atom. The van der Waals surface area contributed by atoms with Gasteiger partial charge in [0.2, 0.25) is 0 Å². The number of rotatable bonds is 7. The van der Waals surface area contributed by atoms with Gasteiger partial charge in [-0.2, -0.15) is 0 Å². The summed E-state index contributed by atoms with van der Waals surface area (Å²) in [6.45, 7) is 2.29. The van der Waals surface area contributed by atoms with Crippen LogP contribution in [0.1, 0.15) is 5.56 Å². The summed E-state index contributed by atoms with van der Waals surface area (Å²) in [6, 6.07) is 10.3. The fraction of sp³-hybridized carbons (Fsp3) is 0.500. The van der Waals surface area contributed by atoms with E-state index >= 15 is 0 Å². The number of ether oxygens (including phenoxy) is 2. The monoisotopic (exact) mass is 209 g/mol. The molecule has 0 spiro atoms. The van der Waals surface area contributed by atoms with Crippen molar-refractivity contribution in [2.75, 3.05) is 27.4 Å². The van der Waals surface area contributed by atoms with Crippen LogP contribution in [-0.2, 0) is 16.0 Å². The first kappa shape index (κ1) is 12.2. The lowest BCUT2D eigenvalue weighted by atomic mass is 10.2. The molecular weight excluding hydrogens is 190 g/mol. The van der Waals surface area contributed by atoms with Crippen LogP contribution in [0, 0.1) is 0 Å². The van der Waals surface area contributed by atoms with Crippen LogP contribution in [0.15, 0.2) is 30.3 Å². The molecule has 84 valence electrons. The molecule has 0 radical (unpaired) electrons. The zero-order valence-corrected chi connectivity index (χ0v) is 9.40. The van der Waals surface area contributed by atoms with Crippen LogP contribution in [0.3, 0.4) is 0 Å². The van der Waals surface area contributed by atoms with E-state index in [0.717, 1.165) is 13.1 Å². The van der Waals surface area contributed by atoms with Crippen LogP contribution in [0.25, 0.3) is 0 Å². The van der Waals surface area contributed by atoms with Gasteiger partial charge in [0.25, 0.3) is 0 Å². The zero-order chi connectivity index (χ0) is 10.9. The first-order valence-electron chi connectivity index (χ1n) is 5.13. The second kappa shape index (κ2) is 7.40. The average molecular weight is 209 g/mol. The molecule has 0 saturated carbocycles. The van der Waals surface area contributed by atoms with Gasteiger partial charge in [0.05, 0.1) is 12.7 Å². The molecular formula is C12H19NO2. The van der Waals surface area contributed by atoms with Gasteiger partial charge in [0.15, 0.2) is 0 Å². The number of nitrogens with one attached hydrogen (secondary N) is 1. The van der Waals surface area contributed by atoms with E-state index in [1.807, 2.05) is 18.2 Å². The molecule has 1 aromatic rings. The standard InChI is InChI=1S/C12H19NO2/c1-14-10-12(15-2)9-13-8-11-6-4-3-5-7-11/h3-7,12-13H,8-10H2,1-2H3. The first-order valence-corrected chi connectivity index (χ1v) is 5.13. The molecule has 0 aliphatic carbocycles. The number of benzene rings is 1. The molecule has 1 unspecified atom stereocenters. The minimum absolute atomic E-state index is 0.124. The molecule has 0 saturated heterocycles. The summed E-state index contributed by atoms with van der Waals surface area (Å²) < 4.78 is 10.3. The van der Waals surface area contributed by atoms with Gasteiger partial charge in [-0.15, -0.1) is 0 Å². The van der Waals surface area contributed by atoms with Crippen LogP contribution >= 0.6 is 0 Å². The molecule has 1 aromatic carbocycles. The van der Waals surface area contributed by atoms with Crippen LogP contribution < -0.4 is 5.32 Å². The Morgan fingerprint density at radius 1 is 1.20 bits per heavy atom. The van der Waals surface area contributed by atoms with Gasteiger partial charge in [-0.05, 0) is 5.56 Å². The van der Waals surface area contributed by atoms with Gasteiger partial charge >= 0.3 is 0 Å². The van der Waals surface area contributed by atoms with Crippen molar-refractivity contribution >= 4 is 0 Å². The molecule has 1 atom stereocenters. The van der Waals surface area contributed by atoms with E-state index < -0.39 is 0 Å². The molecule has 1 rings (SSSR count). The number of hydrogen-bond donors (Lipinski definition) is 1. The Labute approximate surface area is 91.4 Å². The molecule has 3 heteroatoms. The third kappa shape index (κ3) is 4.93. The largest absolute Gasteiger partial charge is 0.382 e. The van der Waals surface area contributed by atoms with Crippen molar-refractivity contribution in [3.05, 3.63) is 35.9 Å². The maximum Gasteiger partial charge on any atom is 0.0928 e. The van der Waals surface area contributed by atoms with E-state index in [9.17, 15) is 0 Å². The molecule has 0 heterocycles. The summed E-state index contributed by atoms with van der Waals surface area (Å²) in [4.78, 5) is 0. The second-order valence-corrected chi connectivity index (χ2v) is 3.43.